The van der Waals surface area contributed by atoms with Crippen LogP contribution < -0.4 is 16.4 Å². The highest BCUT2D eigenvalue weighted by molar-refractivity contribution is 5.99. The SMILES string of the molecule is CNC(C)(C)C(N)c1ccc2c(c1)CC(=O)N2. The smallest absolute Gasteiger partial charge is 0.228 e. The van der Waals surface area contributed by atoms with Gasteiger partial charge in [-0.2, -0.15) is 0 Å². The number of anilines is 1. The van der Waals surface area contributed by atoms with Crippen LogP contribution in [0.5, 0.6) is 0 Å². The fraction of sp³-hybridized carbons (Fsp3) is 0.462. The lowest BCUT2D eigenvalue weighted by Crippen LogP contribution is -2.46. The summed E-state index contributed by atoms with van der Waals surface area (Å²) in [5.74, 6) is 0.0543. The van der Waals surface area contributed by atoms with Gasteiger partial charge in [-0.25, -0.2) is 0 Å². The molecule has 4 N–H and O–H groups in total. The topological polar surface area (TPSA) is 67.1 Å². The second-order valence-electron chi connectivity index (χ2n) is 5.09. The Balaban J connectivity index is 2.30. The molecule has 1 aliphatic heterocycles. The Morgan fingerprint density at radius 3 is 2.82 bits per heavy atom. The fourth-order valence-corrected chi connectivity index (χ4v) is 2.01. The minimum absolute atomic E-state index is 0.0543. The molecule has 0 bridgehead atoms. The lowest BCUT2D eigenvalue weighted by Gasteiger charge is -2.31. The Bertz CT molecular complexity index is 454. The van der Waals surface area contributed by atoms with Crippen LogP contribution in [-0.4, -0.2) is 18.5 Å². The molecule has 0 radical (unpaired) electrons. The molecule has 0 saturated carbocycles. The number of benzene rings is 1. The molecule has 1 aromatic carbocycles. The molecule has 0 fully saturated rings. The Hall–Kier alpha value is -1.39. The second-order valence-corrected chi connectivity index (χ2v) is 5.09. The van der Waals surface area contributed by atoms with Gasteiger partial charge in [-0.1, -0.05) is 12.1 Å². The van der Waals surface area contributed by atoms with E-state index < -0.39 is 0 Å². The first-order valence-electron chi connectivity index (χ1n) is 5.81. The highest BCUT2D eigenvalue weighted by Gasteiger charge is 2.27. The van der Waals surface area contributed by atoms with E-state index in [9.17, 15) is 4.79 Å². The highest BCUT2D eigenvalue weighted by atomic mass is 16.1. The molecule has 0 aromatic heterocycles. The van der Waals surface area contributed by atoms with Gasteiger partial charge in [-0.05, 0) is 38.1 Å². The number of hydrogen-bond acceptors (Lipinski definition) is 3. The average molecular weight is 233 g/mol. The molecule has 1 amide bonds. The first-order valence-corrected chi connectivity index (χ1v) is 5.81. The quantitative estimate of drug-likeness (QED) is 0.734. The van der Waals surface area contributed by atoms with E-state index in [1.807, 2.05) is 25.2 Å². The van der Waals surface area contributed by atoms with Gasteiger partial charge in [0.05, 0.1) is 6.42 Å². The number of nitrogens with one attached hydrogen (secondary N) is 2. The monoisotopic (exact) mass is 233 g/mol. The summed E-state index contributed by atoms with van der Waals surface area (Å²) in [6.45, 7) is 4.13. The lowest BCUT2D eigenvalue weighted by molar-refractivity contribution is -0.115. The van der Waals surface area contributed by atoms with E-state index in [1.165, 1.54) is 0 Å². The van der Waals surface area contributed by atoms with Crippen molar-refractivity contribution in [1.29, 1.82) is 0 Å². The van der Waals surface area contributed by atoms with Crippen LogP contribution in [0, 0.1) is 0 Å². The van der Waals surface area contributed by atoms with Crippen LogP contribution in [0.4, 0.5) is 5.69 Å². The number of carbonyl (C=O) groups excluding carboxylic acids is 1. The van der Waals surface area contributed by atoms with Crippen LogP contribution in [0.3, 0.4) is 0 Å². The summed E-state index contributed by atoms with van der Waals surface area (Å²) in [4.78, 5) is 11.3. The van der Waals surface area contributed by atoms with Crippen molar-refractivity contribution >= 4 is 11.6 Å². The number of amides is 1. The molecule has 1 atom stereocenters. The van der Waals surface area contributed by atoms with Gasteiger partial charge in [0.25, 0.3) is 0 Å². The number of rotatable bonds is 3. The predicted molar refractivity (Wildman–Crippen MR) is 68.8 cm³/mol. The van der Waals surface area contributed by atoms with Crippen molar-refractivity contribution in [3.05, 3.63) is 29.3 Å². The molecular weight excluding hydrogens is 214 g/mol. The van der Waals surface area contributed by atoms with Crippen molar-refractivity contribution < 1.29 is 4.79 Å². The summed E-state index contributed by atoms with van der Waals surface area (Å²) >= 11 is 0. The molecule has 0 spiro atoms. The van der Waals surface area contributed by atoms with Gasteiger partial charge in [0.1, 0.15) is 0 Å². The highest BCUT2D eigenvalue weighted by Crippen LogP contribution is 2.29. The van der Waals surface area contributed by atoms with Gasteiger partial charge in [0.15, 0.2) is 0 Å². The Morgan fingerprint density at radius 2 is 2.18 bits per heavy atom. The van der Waals surface area contributed by atoms with Gasteiger partial charge >= 0.3 is 0 Å². The summed E-state index contributed by atoms with van der Waals surface area (Å²) in [6, 6.07) is 5.83. The zero-order valence-electron chi connectivity index (χ0n) is 10.5. The Morgan fingerprint density at radius 1 is 1.47 bits per heavy atom. The van der Waals surface area contributed by atoms with Gasteiger partial charge < -0.3 is 16.4 Å². The van der Waals surface area contributed by atoms with E-state index >= 15 is 0 Å². The van der Waals surface area contributed by atoms with E-state index in [-0.39, 0.29) is 17.5 Å². The van der Waals surface area contributed by atoms with E-state index in [4.69, 9.17) is 5.73 Å². The largest absolute Gasteiger partial charge is 0.326 e. The van der Waals surface area contributed by atoms with Crippen LogP contribution in [0.25, 0.3) is 0 Å². The third-order valence-electron chi connectivity index (χ3n) is 3.54. The molecule has 0 saturated heterocycles. The molecule has 1 heterocycles. The minimum atomic E-state index is -0.176. The van der Waals surface area contributed by atoms with Gasteiger partial charge in [-0.3, -0.25) is 4.79 Å². The van der Waals surface area contributed by atoms with Gasteiger partial charge in [0, 0.05) is 17.3 Å². The van der Waals surface area contributed by atoms with Crippen LogP contribution in [0.1, 0.15) is 31.0 Å². The molecule has 1 aromatic rings. The van der Waals surface area contributed by atoms with E-state index in [2.05, 4.69) is 24.5 Å². The molecule has 0 aliphatic carbocycles. The fourth-order valence-electron chi connectivity index (χ4n) is 2.01. The summed E-state index contributed by atoms with van der Waals surface area (Å²) in [5, 5.41) is 6.03. The maximum Gasteiger partial charge on any atom is 0.228 e. The Kier molecular flexibility index (Phi) is 2.93. The van der Waals surface area contributed by atoms with Crippen LogP contribution in [0.2, 0.25) is 0 Å². The molecule has 17 heavy (non-hydrogen) atoms. The number of carbonyl (C=O) groups is 1. The summed E-state index contributed by atoms with van der Waals surface area (Å²) in [5.41, 5.74) is 9.07. The minimum Gasteiger partial charge on any atom is -0.326 e. The number of nitrogens with two attached hydrogens (primary N) is 1. The molecule has 1 aliphatic rings. The van der Waals surface area contributed by atoms with Crippen molar-refractivity contribution in [2.75, 3.05) is 12.4 Å². The molecule has 4 heteroatoms. The van der Waals surface area contributed by atoms with E-state index in [0.717, 1.165) is 16.8 Å². The van der Waals surface area contributed by atoms with Crippen LogP contribution >= 0.6 is 0 Å². The second kappa shape index (κ2) is 4.13. The van der Waals surface area contributed by atoms with Crippen molar-refractivity contribution in [3.8, 4) is 0 Å². The third kappa shape index (κ3) is 2.18. The van der Waals surface area contributed by atoms with Gasteiger partial charge in [0.2, 0.25) is 5.91 Å². The predicted octanol–water partition coefficient (Wildman–Crippen LogP) is 1.18. The van der Waals surface area contributed by atoms with Crippen molar-refractivity contribution in [2.24, 2.45) is 5.73 Å². The van der Waals surface area contributed by atoms with E-state index in [1.54, 1.807) is 0 Å². The van der Waals surface area contributed by atoms with E-state index in [0.29, 0.717) is 6.42 Å². The Labute approximate surface area is 102 Å². The summed E-state index contributed by atoms with van der Waals surface area (Å²) < 4.78 is 0. The van der Waals surface area contributed by atoms with Crippen molar-refractivity contribution in [3.63, 3.8) is 0 Å². The molecular formula is C13H19N3O. The number of fused-ring (bicyclic) bond motifs is 1. The summed E-state index contributed by atoms with van der Waals surface area (Å²) in [7, 11) is 1.90. The van der Waals surface area contributed by atoms with Crippen LogP contribution in [0.15, 0.2) is 18.2 Å². The standard InChI is InChI=1S/C13H19N3O/c1-13(2,15-3)12(14)8-4-5-10-9(6-8)7-11(17)16-10/h4-6,12,15H,7,14H2,1-3H3,(H,16,17). The first-order chi connectivity index (χ1) is 7.94. The van der Waals surface area contributed by atoms with Gasteiger partial charge in [-0.15, -0.1) is 0 Å². The molecule has 2 rings (SSSR count). The number of hydrogen-bond donors (Lipinski definition) is 3. The first kappa shape index (κ1) is 12.1. The average Bonchev–Trinajstić information content (AvgIpc) is 2.66. The van der Waals surface area contributed by atoms with Crippen molar-refractivity contribution in [1.82, 2.24) is 5.32 Å². The molecule has 4 nitrogen and oxygen atoms in total. The van der Waals surface area contributed by atoms with Crippen molar-refractivity contribution in [2.45, 2.75) is 31.8 Å². The summed E-state index contributed by atoms with van der Waals surface area (Å²) in [6.07, 6.45) is 0.454. The third-order valence-corrected chi connectivity index (χ3v) is 3.54. The lowest BCUT2D eigenvalue weighted by atomic mass is 9.88. The maximum absolute atomic E-state index is 11.3. The zero-order valence-corrected chi connectivity index (χ0v) is 10.5. The molecule has 92 valence electrons. The zero-order chi connectivity index (χ0) is 12.6. The number of likely N-dealkylation sites (N-methyl/N-ethyl adjacent to an activating group) is 1. The van der Waals surface area contributed by atoms with Crippen LogP contribution in [-0.2, 0) is 11.2 Å². The normalized spacial score (nSPS) is 16.6. The molecule has 1 unspecified atom stereocenters. The maximum atomic E-state index is 11.3.